The SMILES string of the molecule is CC(C)CC[C@@H]1NC(=O)[C@@H]1O. The van der Waals surface area contributed by atoms with E-state index < -0.39 is 6.10 Å². The average Bonchev–Trinajstić information content (AvgIpc) is 1.96. The van der Waals surface area contributed by atoms with Gasteiger partial charge in [0.1, 0.15) is 0 Å². The van der Waals surface area contributed by atoms with E-state index in [0.29, 0.717) is 5.92 Å². The summed E-state index contributed by atoms with van der Waals surface area (Å²) in [6.45, 7) is 4.26. The van der Waals surface area contributed by atoms with Gasteiger partial charge in [0.25, 0.3) is 5.91 Å². The topological polar surface area (TPSA) is 49.3 Å². The molecule has 0 aliphatic carbocycles. The molecule has 0 bridgehead atoms. The molecule has 0 radical (unpaired) electrons. The number of aliphatic hydroxyl groups is 1. The molecule has 64 valence electrons. The van der Waals surface area contributed by atoms with Crippen LogP contribution in [0.4, 0.5) is 0 Å². The largest absolute Gasteiger partial charge is 0.381 e. The predicted octanol–water partition coefficient (Wildman–Crippen LogP) is 0.282. The predicted molar refractivity (Wildman–Crippen MR) is 42.0 cm³/mol. The molecule has 0 aromatic heterocycles. The lowest BCUT2D eigenvalue weighted by atomic mass is 9.94. The zero-order chi connectivity index (χ0) is 8.43. The van der Waals surface area contributed by atoms with Crippen molar-refractivity contribution >= 4 is 5.91 Å². The Bertz CT molecular complexity index is 156. The summed E-state index contributed by atoms with van der Waals surface area (Å²) in [5.74, 6) is 0.415. The molecule has 1 fully saturated rings. The standard InChI is InChI=1S/C8H15NO2/c1-5(2)3-4-6-7(10)8(11)9-6/h5-7,10H,3-4H2,1-2H3,(H,9,11)/t6-,7+/m0/s1. The van der Waals surface area contributed by atoms with Crippen molar-refractivity contribution in [1.82, 2.24) is 5.32 Å². The minimum atomic E-state index is -0.742. The molecule has 0 saturated carbocycles. The zero-order valence-corrected chi connectivity index (χ0v) is 7.00. The number of β-lactam (4-membered cyclic amide) rings is 1. The maximum Gasteiger partial charge on any atom is 0.251 e. The van der Waals surface area contributed by atoms with Crippen LogP contribution in [0.15, 0.2) is 0 Å². The second kappa shape index (κ2) is 3.22. The molecule has 2 atom stereocenters. The highest BCUT2D eigenvalue weighted by molar-refractivity contribution is 5.87. The lowest BCUT2D eigenvalue weighted by Gasteiger charge is -2.33. The molecule has 1 aliphatic heterocycles. The van der Waals surface area contributed by atoms with Gasteiger partial charge in [-0.05, 0) is 18.8 Å². The normalized spacial score (nSPS) is 30.0. The van der Waals surface area contributed by atoms with E-state index in [1.165, 1.54) is 0 Å². The van der Waals surface area contributed by atoms with E-state index >= 15 is 0 Å². The van der Waals surface area contributed by atoms with Crippen LogP contribution >= 0.6 is 0 Å². The number of carbonyl (C=O) groups excluding carboxylic acids is 1. The van der Waals surface area contributed by atoms with Gasteiger partial charge in [0.05, 0.1) is 6.04 Å². The first-order valence-electron chi connectivity index (χ1n) is 4.09. The van der Waals surface area contributed by atoms with E-state index in [4.69, 9.17) is 5.11 Å². The maximum absolute atomic E-state index is 10.5. The second-order valence-corrected chi connectivity index (χ2v) is 3.53. The zero-order valence-electron chi connectivity index (χ0n) is 7.00. The van der Waals surface area contributed by atoms with Gasteiger partial charge in [-0.25, -0.2) is 0 Å². The molecule has 0 aromatic carbocycles. The van der Waals surface area contributed by atoms with E-state index in [1.807, 2.05) is 0 Å². The van der Waals surface area contributed by atoms with Gasteiger partial charge >= 0.3 is 0 Å². The number of carbonyl (C=O) groups is 1. The van der Waals surface area contributed by atoms with Crippen molar-refractivity contribution in [2.24, 2.45) is 5.92 Å². The van der Waals surface area contributed by atoms with Crippen LogP contribution in [0, 0.1) is 5.92 Å². The lowest BCUT2D eigenvalue weighted by molar-refractivity contribution is -0.142. The quantitative estimate of drug-likeness (QED) is 0.578. The number of hydrogen-bond acceptors (Lipinski definition) is 2. The van der Waals surface area contributed by atoms with E-state index in [9.17, 15) is 4.79 Å². The molecular formula is C8H15NO2. The van der Waals surface area contributed by atoms with Crippen molar-refractivity contribution in [3.63, 3.8) is 0 Å². The first-order chi connectivity index (χ1) is 5.11. The summed E-state index contributed by atoms with van der Waals surface area (Å²) in [4.78, 5) is 10.5. The van der Waals surface area contributed by atoms with Crippen LogP contribution in [0.25, 0.3) is 0 Å². The minimum Gasteiger partial charge on any atom is -0.381 e. The number of nitrogens with one attached hydrogen (secondary N) is 1. The van der Waals surface area contributed by atoms with Crippen LogP contribution < -0.4 is 5.32 Å². The molecule has 1 heterocycles. The first kappa shape index (κ1) is 8.53. The Hall–Kier alpha value is -0.570. The monoisotopic (exact) mass is 157 g/mol. The van der Waals surface area contributed by atoms with Crippen LogP contribution in [0.2, 0.25) is 0 Å². The molecule has 11 heavy (non-hydrogen) atoms. The highest BCUT2D eigenvalue weighted by Crippen LogP contribution is 2.15. The molecule has 3 heteroatoms. The number of rotatable bonds is 3. The number of hydrogen-bond donors (Lipinski definition) is 2. The molecule has 1 rings (SSSR count). The van der Waals surface area contributed by atoms with E-state index in [1.54, 1.807) is 0 Å². The van der Waals surface area contributed by atoms with Crippen molar-refractivity contribution in [3.8, 4) is 0 Å². The first-order valence-corrected chi connectivity index (χ1v) is 4.09. The summed E-state index contributed by atoms with van der Waals surface area (Å²) in [7, 11) is 0. The highest BCUT2D eigenvalue weighted by atomic mass is 16.3. The summed E-state index contributed by atoms with van der Waals surface area (Å²) in [6, 6.07) is 0.0184. The molecule has 3 nitrogen and oxygen atoms in total. The third kappa shape index (κ3) is 1.93. The Balaban J connectivity index is 2.15. The molecule has 0 unspecified atom stereocenters. The summed E-state index contributed by atoms with van der Waals surface area (Å²) >= 11 is 0. The lowest BCUT2D eigenvalue weighted by Crippen LogP contribution is -2.62. The van der Waals surface area contributed by atoms with Crippen LogP contribution in [0.5, 0.6) is 0 Å². The number of amides is 1. The van der Waals surface area contributed by atoms with Crippen molar-refractivity contribution in [3.05, 3.63) is 0 Å². The van der Waals surface area contributed by atoms with Crippen LogP contribution in [-0.2, 0) is 4.79 Å². The molecule has 1 amide bonds. The smallest absolute Gasteiger partial charge is 0.251 e. The fourth-order valence-electron chi connectivity index (χ4n) is 1.18. The fraction of sp³-hybridized carbons (Fsp3) is 0.875. The van der Waals surface area contributed by atoms with Gasteiger partial charge in [-0.1, -0.05) is 13.8 Å². The van der Waals surface area contributed by atoms with E-state index in [-0.39, 0.29) is 11.9 Å². The van der Waals surface area contributed by atoms with Gasteiger partial charge in [0.2, 0.25) is 0 Å². The van der Waals surface area contributed by atoms with Crippen molar-refractivity contribution < 1.29 is 9.90 Å². The minimum absolute atomic E-state index is 0.0184. The van der Waals surface area contributed by atoms with Crippen LogP contribution in [0.1, 0.15) is 26.7 Å². The van der Waals surface area contributed by atoms with Gasteiger partial charge in [0, 0.05) is 0 Å². The van der Waals surface area contributed by atoms with E-state index in [0.717, 1.165) is 12.8 Å². The Morgan fingerprint density at radius 3 is 2.64 bits per heavy atom. The second-order valence-electron chi connectivity index (χ2n) is 3.53. The van der Waals surface area contributed by atoms with Gasteiger partial charge in [-0.2, -0.15) is 0 Å². The summed E-state index contributed by atoms with van der Waals surface area (Å²) in [5, 5.41) is 11.7. The molecule has 0 aromatic rings. The van der Waals surface area contributed by atoms with Crippen molar-refractivity contribution in [2.75, 3.05) is 0 Å². The summed E-state index contributed by atoms with van der Waals surface area (Å²) in [5.41, 5.74) is 0. The Kier molecular flexibility index (Phi) is 2.49. The summed E-state index contributed by atoms with van der Waals surface area (Å²) in [6.07, 6.45) is 1.21. The summed E-state index contributed by atoms with van der Waals surface area (Å²) < 4.78 is 0. The van der Waals surface area contributed by atoms with E-state index in [2.05, 4.69) is 19.2 Å². The third-order valence-electron chi connectivity index (χ3n) is 2.03. The van der Waals surface area contributed by atoms with Crippen LogP contribution in [-0.4, -0.2) is 23.2 Å². The Morgan fingerprint density at radius 1 is 1.64 bits per heavy atom. The van der Waals surface area contributed by atoms with Crippen LogP contribution in [0.3, 0.4) is 0 Å². The molecule has 2 N–H and O–H groups in total. The van der Waals surface area contributed by atoms with Gasteiger partial charge in [-0.15, -0.1) is 0 Å². The fourth-order valence-corrected chi connectivity index (χ4v) is 1.18. The third-order valence-corrected chi connectivity index (χ3v) is 2.03. The average molecular weight is 157 g/mol. The molecule has 0 spiro atoms. The highest BCUT2D eigenvalue weighted by Gasteiger charge is 2.36. The maximum atomic E-state index is 10.5. The van der Waals surface area contributed by atoms with Gasteiger partial charge in [-0.3, -0.25) is 4.79 Å². The van der Waals surface area contributed by atoms with Gasteiger partial charge in [0.15, 0.2) is 6.10 Å². The Labute approximate surface area is 66.8 Å². The van der Waals surface area contributed by atoms with Crippen molar-refractivity contribution in [1.29, 1.82) is 0 Å². The molecular weight excluding hydrogens is 142 g/mol. The van der Waals surface area contributed by atoms with Crippen molar-refractivity contribution in [2.45, 2.75) is 38.8 Å². The molecule has 1 aliphatic rings. The van der Waals surface area contributed by atoms with Gasteiger partial charge < -0.3 is 10.4 Å². The number of aliphatic hydroxyl groups excluding tert-OH is 1. The Morgan fingerprint density at radius 2 is 2.27 bits per heavy atom. The molecule has 1 saturated heterocycles.